The van der Waals surface area contributed by atoms with E-state index in [1.165, 1.54) is 6.07 Å². The highest BCUT2D eigenvalue weighted by Gasteiger charge is 2.32. The van der Waals surface area contributed by atoms with Crippen LogP contribution < -0.4 is 0 Å². The molecule has 0 spiro atoms. The second-order valence-electron chi connectivity index (χ2n) is 4.02. The van der Waals surface area contributed by atoms with Gasteiger partial charge >= 0.3 is 6.18 Å². The van der Waals surface area contributed by atoms with Crippen LogP contribution >= 0.6 is 0 Å². The van der Waals surface area contributed by atoms with E-state index in [-0.39, 0.29) is 11.5 Å². The highest BCUT2D eigenvalue weighted by molar-refractivity contribution is 5.54. The summed E-state index contributed by atoms with van der Waals surface area (Å²) < 4.78 is 43.3. The van der Waals surface area contributed by atoms with Gasteiger partial charge in [-0.3, -0.25) is 4.98 Å². The predicted molar refractivity (Wildman–Crippen MR) is 63.5 cm³/mol. The van der Waals surface area contributed by atoms with Gasteiger partial charge in [0.15, 0.2) is 0 Å². The van der Waals surface area contributed by atoms with Crippen molar-refractivity contribution >= 4 is 0 Å². The van der Waals surface area contributed by atoms with Gasteiger partial charge in [0, 0.05) is 18.2 Å². The molecule has 0 aliphatic rings. The first-order chi connectivity index (χ1) is 8.95. The van der Waals surface area contributed by atoms with Crippen LogP contribution in [0.4, 0.5) is 13.2 Å². The van der Waals surface area contributed by atoms with Gasteiger partial charge < -0.3 is 4.42 Å². The maximum Gasteiger partial charge on any atom is 0.433 e. The summed E-state index contributed by atoms with van der Waals surface area (Å²) in [6.07, 6.45) is -2.01. The van der Waals surface area contributed by atoms with Gasteiger partial charge in [0.25, 0.3) is 0 Å². The summed E-state index contributed by atoms with van der Waals surface area (Å²) >= 11 is 0. The standard InChI is InChI=1S/C13H13F3N2O/c1-3-9-10(4-2)19-12(18-9)8-5-6-17-11(7-8)13(14,15)16/h5-7H,3-4H2,1-2H3. The molecule has 0 fully saturated rings. The van der Waals surface area contributed by atoms with Gasteiger partial charge in [0.05, 0.1) is 5.69 Å². The van der Waals surface area contributed by atoms with Crippen LogP contribution in [0, 0.1) is 0 Å². The van der Waals surface area contributed by atoms with Gasteiger partial charge in [0.1, 0.15) is 11.5 Å². The number of hydrogen-bond acceptors (Lipinski definition) is 3. The SMILES string of the molecule is CCc1nc(-c2ccnc(C(F)(F)F)c2)oc1CC. The molecule has 6 heteroatoms. The van der Waals surface area contributed by atoms with E-state index in [1.54, 1.807) is 0 Å². The third kappa shape index (κ3) is 2.77. The van der Waals surface area contributed by atoms with Crippen LogP contribution in [0.5, 0.6) is 0 Å². The zero-order valence-electron chi connectivity index (χ0n) is 10.6. The van der Waals surface area contributed by atoms with Crippen LogP contribution in [-0.4, -0.2) is 9.97 Å². The van der Waals surface area contributed by atoms with Crippen LogP contribution in [0.3, 0.4) is 0 Å². The lowest BCUT2D eigenvalue weighted by molar-refractivity contribution is -0.141. The van der Waals surface area contributed by atoms with Crippen LogP contribution in [0.15, 0.2) is 22.7 Å². The fourth-order valence-electron chi connectivity index (χ4n) is 1.78. The van der Waals surface area contributed by atoms with E-state index in [1.807, 2.05) is 13.8 Å². The van der Waals surface area contributed by atoms with Crippen LogP contribution in [-0.2, 0) is 19.0 Å². The first-order valence-corrected chi connectivity index (χ1v) is 5.97. The van der Waals surface area contributed by atoms with Crippen molar-refractivity contribution in [2.45, 2.75) is 32.9 Å². The monoisotopic (exact) mass is 270 g/mol. The number of aromatic nitrogens is 2. The second kappa shape index (κ2) is 5.03. The molecule has 0 aromatic carbocycles. The second-order valence-corrected chi connectivity index (χ2v) is 4.02. The lowest BCUT2D eigenvalue weighted by Crippen LogP contribution is -2.07. The Labute approximate surface area is 108 Å². The number of alkyl halides is 3. The van der Waals surface area contributed by atoms with Crippen LogP contribution in [0.25, 0.3) is 11.5 Å². The Bertz CT molecular complexity index is 554. The van der Waals surface area contributed by atoms with E-state index in [4.69, 9.17) is 4.42 Å². The van der Waals surface area contributed by atoms with Gasteiger partial charge in [-0.05, 0) is 18.6 Å². The lowest BCUT2D eigenvalue weighted by Gasteiger charge is -2.05. The van der Waals surface area contributed by atoms with E-state index in [9.17, 15) is 13.2 Å². The molecular formula is C13H13F3N2O. The molecule has 19 heavy (non-hydrogen) atoms. The minimum atomic E-state index is -4.47. The maximum absolute atomic E-state index is 12.6. The number of aryl methyl sites for hydroxylation is 2. The van der Waals surface area contributed by atoms with E-state index in [2.05, 4.69) is 9.97 Å². The number of oxazole rings is 1. The van der Waals surface area contributed by atoms with Gasteiger partial charge in [0.2, 0.25) is 5.89 Å². The number of rotatable bonds is 3. The summed E-state index contributed by atoms with van der Waals surface area (Å²) in [5.74, 6) is 0.921. The Morgan fingerprint density at radius 2 is 1.95 bits per heavy atom. The molecule has 2 aromatic heterocycles. The Hall–Kier alpha value is -1.85. The van der Waals surface area contributed by atoms with Crippen molar-refractivity contribution in [1.29, 1.82) is 0 Å². The normalized spacial score (nSPS) is 11.8. The van der Waals surface area contributed by atoms with E-state index < -0.39 is 11.9 Å². The third-order valence-corrected chi connectivity index (χ3v) is 2.73. The molecule has 0 unspecified atom stereocenters. The average Bonchev–Trinajstić information content (AvgIpc) is 2.81. The molecule has 2 rings (SSSR count). The largest absolute Gasteiger partial charge is 0.441 e. The number of nitrogens with zero attached hydrogens (tertiary/aromatic N) is 2. The highest BCUT2D eigenvalue weighted by atomic mass is 19.4. The minimum Gasteiger partial charge on any atom is -0.441 e. The predicted octanol–water partition coefficient (Wildman–Crippen LogP) is 3.88. The minimum absolute atomic E-state index is 0.210. The van der Waals surface area contributed by atoms with E-state index in [0.29, 0.717) is 18.6 Å². The lowest BCUT2D eigenvalue weighted by atomic mass is 10.2. The quantitative estimate of drug-likeness (QED) is 0.849. The zero-order valence-corrected chi connectivity index (χ0v) is 10.6. The number of halogens is 3. The van der Waals surface area contributed by atoms with Crippen LogP contribution in [0.2, 0.25) is 0 Å². The molecule has 0 aliphatic heterocycles. The third-order valence-electron chi connectivity index (χ3n) is 2.73. The summed E-state index contributed by atoms with van der Waals surface area (Å²) in [7, 11) is 0. The molecule has 0 N–H and O–H groups in total. The molecule has 2 aromatic rings. The smallest absolute Gasteiger partial charge is 0.433 e. The summed E-state index contributed by atoms with van der Waals surface area (Å²) in [6, 6.07) is 2.41. The Balaban J connectivity index is 2.44. The van der Waals surface area contributed by atoms with Crippen LogP contribution in [0.1, 0.15) is 31.0 Å². The van der Waals surface area contributed by atoms with Gasteiger partial charge in [-0.2, -0.15) is 13.2 Å². The molecule has 102 valence electrons. The summed E-state index contributed by atoms with van der Waals surface area (Å²) in [4.78, 5) is 7.54. The van der Waals surface area contributed by atoms with Crippen molar-refractivity contribution in [2.24, 2.45) is 0 Å². The summed E-state index contributed by atoms with van der Waals surface area (Å²) in [5.41, 5.74) is 0.124. The molecule has 0 bridgehead atoms. The van der Waals surface area contributed by atoms with Crippen molar-refractivity contribution in [3.63, 3.8) is 0 Å². The fraction of sp³-hybridized carbons (Fsp3) is 0.385. The topological polar surface area (TPSA) is 38.9 Å². The summed E-state index contributed by atoms with van der Waals surface area (Å²) in [5, 5.41) is 0. The molecule has 0 saturated heterocycles. The van der Waals surface area contributed by atoms with Crippen molar-refractivity contribution < 1.29 is 17.6 Å². The zero-order chi connectivity index (χ0) is 14.0. The average molecular weight is 270 g/mol. The van der Waals surface area contributed by atoms with Gasteiger partial charge in [-0.15, -0.1) is 0 Å². The fourth-order valence-corrected chi connectivity index (χ4v) is 1.78. The molecular weight excluding hydrogens is 257 g/mol. The van der Waals surface area contributed by atoms with Crippen molar-refractivity contribution in [3.05, 3.63) is 35.5 Å². The van der Waals surface area contributed by atoms with Gasteiger partial charge in [-0.1, -0.05) is 13.8 Å². The molecule has 0 atom stereocenters. The maximum atomic E-state index is 12.6. The Morgan fingerprint density at radius 1 is 1.21 bits per heavy atom. The van der Waals surface area contributed by atoms with E-state index in [0.717, 1.165) is 18.0 Å². The first kappa shape index (κ1) is 13.6. The highest BCUT2D eigenvalue weighted by Crippen LogP contribution is 2.30. The Kier molecular flexibility index (Phi) is 3.59. The Morgan fingerprint density at radius 3 is 2.47 bits per heavy atom. The van der Waals surface area contributed by atoms with Crippen molar-refractivity contribution in [1.82, 2.24) is 9.97 Å². The molecule has 2 heterocycles. The molecule has 0 aliphatic carbocycles. The molecule has 0 amide bonds. The van der Waals surface area contributed by atoms with Gasteiger partial charge in [-0.25, -0.2) is 4.98 Å². The number of pyridine rings is 1. The molecule has 3 nitrogen and oxygen atoms in total. The molecule has 0 saturated carbocycles. The van der Waals surface area contributed by atoms with Crippen molar-refractivity contribution in [3.8, 4) is 11.5 Å². The summed E-state index contributed by atoms with van der Waals surface area (Å²) in [6.45, 7) is 3.84. The number of hydrogen-bond donors (Lipinski definition) is 0. The molecule has 0 radical (unpaired) electrons. The first-order valence-electron chi connectivity index (χ1n) is 5.97. The van der Waals surface area contributed by atoms with E-state index >= 15 is 0 Å². The van der Waals surface area contributed by atoms with Crippen molar-refractivity contribution in [2.75, 3.05) is 0 Å².